The molecule has 6 rings (SSSR count). The predicted octanol–water partition coefficient (Wildman–Crippen LogP) is 5.25. The maximum Gasteiger partial charge on any atom is 0.224 e. The SMILES string of the molecule is COc1ncccc1-c1nc2cc(-c3ccc4ccccc4c3)cnc2n1C1CCNCC1. The number of hydrogen-bond donors (Lipinski definition) is 1. The van der Waals surface area contributed by atoms with Gasteiger partial charge in [-0.15, -0.1) is 0 Å². The molecule has 0 saturated carbocycles. The molecule has 164 valence electrons. The summed E-state index contributed by atoms with van der Waals surface area (Å²) in [6.45, 7) is 1.98. The summed E-state index contributed by atoms with van der Waals surface area (Å²) < 4.78 is 7.87. The number of aromatic nitrogens is 4. The number of fused-ring (bicyclic) bond motifs is 2. The third-order valence-corrected chi connectivity index (χ3v) is 6.49. The van der Waals surface area contributed by atoms with Gasteiger partial charge < -0.3 is 14.6 Å². The van der Waals surface area contributed by atoms with E-state index < -0.39 is 0 Å². The Morgan fingerprint density at radius 2 is 1.76 bits per heavy atom. The number of piperidine rings is 1. The van der Waals surface area contributed by atoms with Crippen LogP contribution in [-0.4, -0.2) is 39.7 Å². The number of ether oxygens (including phenoxy) is 1. The molecule has 0 radical (unpaired) electrons. The third-order valence-electron chi connectivity index (χ3n) is 6.49. The van der Waals surface area contributed by atoms with Gasteiger partial charge in [0.25, 0.3) is 0 Å². The van der Waals surface area contributed by atoms with Gasteiger partial charge >= 0.3 is 0 Å². The molecule has 1 saturated heterocycles. The van der Waals surface area contributed by atoms with Gasteiger partial charge in [-0.1, -0.05) is 36.4 Å². The first-order valence-electron chi connectivity index (χ1n) is 11.4. The van der Waals surface area contributed by atoms with E-state index in [0.717, 1.165) is 59.6 Å². The average molecular weight is 436 g/mol. The maximum atomic E-state index is 5.57. The molecule has 6 heteroatoms. The van der Waals surface area contributed by atoms with Gasteiger partial charge in [0.2, 0.25) is 5.88 Å². The van der Waals surface area contributed by atoms with E-state index in [2.05, 4.69) is 63.4 Å². The minimum atomic E-state index is 0.329. The Morgan fingerprint density at radius 3 is 2.61 bits per heavy atom. The molecular formula is C27H25N5O. The number of benzene rings is 2. The molecule has 33 heavy (non-hydrogen) atoms. The highest BCUT2D eigenvalue weighted by atomic mass is 16.5. The smallest absolute Gasteiger partial charge is 0.224 e. The number of imidazole rings is 1. The van der Waals surface area contributed by atoms with Crippen molar-refractivity contribution < 1.29 is 4.74 Å². The molecule has 0 bridgehead atoms. The van der Waals surface area contributed by atoms with E-state index in [1.807, 2.05) is 18.3 Å². The number of nitrogens with one attached hydrogen (secondary N) is 1. The quantitative estimate of drug-likeness (QED) is 0.418. The van der Waals surface area contributed by atoms with Crippen molar-refractivity contribution in [3.63, 3.8) is 0 Å². The van der Waals surface area contributed by atoms with Crippen LogP contribution in [0.15, 0.2) is 73.1 Å². The van der Waals surface area contributed by atoms with E-state index in [1.165, 1.54) is 10.8 Å². The molecule has 1 aliphatic heterocycles. The van der Waals surface area contributed by atoms with Gasteiger partial charge in [-0.3, -0.25) is 0 Å². The van der Waals surface area contributed by atoms with Crippen LogP contribution in [0.25, 0.3) is 44.5 Å². The highest BCUT2D eigenvalue weighted by molar-refractivity contribution is 5.89. The van der Waals surface area contributed by atoms with E-state index in [4.69, 9.17) is 14.7 Å². The molecule has 0 aliphatic carbocycles. The van der Waals surface area contributed by atoms with Crippen LogP contribution in [0.5, 0.6) is 5.88 Å². The van der Waals surface area contributed by atoms with E-state index in [9.17, 15) is 0 Å². The largest absolute Gasteiger partial charge is 0.480 e. The fourth-order valence-electron chi connectivity index (χ4n) is 4.83. The first kappa shape index (κ1) is 19.9. The van der Waals surface area contributed by atoms with Crippen LogP contribution in [0, 0.1) is 0 Å². The predicted molar refractivity (Wildman–Crippen MR) is 131 cm³/mol. The summed E-state index contributed by atoms with van der Waals surface area (Å²) in [5, 5.41) is 5.91. The summed E-state index contributed by atoms with van der Waals surface area (Å²) in [4.78, 5) is 14.4. The van der Waals surface area contributed by atoms with Gasteiger partial charge in [0.15, 0.2) is 5.65 Å². The van der Waals surface area contributed by atoms with Crippen LogP contribution >= 0.6 is 0 Å². The number of methoxy groups -OCH3 is 1. The van der Waals surface area contributed by atoms with Crippen LogP contribution in [0.2, 0.25) is 0 Å². The van der Waals surface area contributed by atoms with Crippen LogP contribution in [-0.2, 0) is 0 Å². The Kier molecular flexibility index (Phi) is 5.00. The summed E-state index contributed by atoms with van der Waals surface area (Å²) in [6.07, 6.45) is 5.79. The van der Waals surface area contributed by atoms with Gasteiger partial charge in [-0.2, -0.15) is 0 Å². The van der Waals surface area contributed by atoms with Crippen molar-refractivity contribution in [1.82, 2.24) is 24.8 Å². The molecule has 1 N–H and O–H groups in total. The molecule has 0 spiro atoms. The molecule has 1 fully saturated rings. The summed E-state index contributed by atoms with van der Waals surface area (Å²) in [6, 6.07) is 21.4. The van der Waals surface area contributed by atoms with Gasteiger partial charge in [-0.05, 0) is 66.5 Å². The zero-order valence-corrected chi connectivity index (χ0v) is 18.5. The van der Waals surface area contributed by atoms with Crippen molar-refractivity contribution in [2.45, 2.75) is 18.9 Å². The van der Waals surface area contributed by atoms with Crippen molar-refractivity contribution in [2.75, 3.05) is 20.2 Å². The van der Waals surface area contributed by atoms with Gasteiger partial charge in [-0.25, -0.2) is 15.0 Å². The highest BCUT2D eigenvalue weighted by Crippen LogP contribution is 2.36. The molecule has 0 amide bonds. The van der Waals surface area contributed by atoms with Gasteiger partial charge in [0.05, 0.1) is 12.7 Å². The lowest BCUT2D eigenvalue weighted by Crippen LogP contribution is -2.29. The number of hydrogen-bond acceptors (Lipinski definition) is 5. The Bertz CT molecular complexity index is 1450. The summed E-state index contributed by atoms with van der Waals surface area (Å²) in [7, 11) is 1.65. The van der Waals surface area contributed by atoms with Crippen LogP contribution in [0.4, 0.5) is 0 Å². The fraction of sp³-hybridized carbons (Fsp3) is 0.222. The lowest BCUT2D eigenvalue weighted by atomic mass is 10.0. The number of nitrogens with zero attached hydrogens (tertiary/aromatic N) is 4. The average Bonchev–Trinajstić information content (AvgIpc) is 3.27. The normalized spacial score (nSPS) is 14.7. The Balaban J connectivity index is 1.53. The lowest BCUT2D eigenvalue weighted by Gasteiger charge is -2.26. The second-order valence-electron chi connectivity index (χ2n) is 8.48. The minimum absolute atomic E-state index is 0.329. The van der Waals surface area contributed by atoms with Crippen molar-refractivity contribution in [3.8, 4) is 28.4 Å². The second kappa shape index (κ2) is 8.30. The summed E-state index contributed by atoms with van der Waals surface area (Å²) in [5.74, 6) is 1.45. The van der Waals surface area contributed by atoms with E-state index in [1.54, 1.807) is 13.3 Å². The second-order valence-corrected chi connectivity index (χ2v) is 8.48. The van der Waals surface area contributed by atoms with Crippen LogP contribution in [0.3, 0.4) is 0 Å². The zero-order valence-electron chi connectivity index (χ0n) is 18.5. The molecule has 4 heterocycles. The van der Waals surface area contributed by atoms with Gasteiger partial charge in [0, 0.05) is 24.0 Å². The summed E-state index contributed by atoms with van der Waals surface area (Å²) >= 11 is 0. The Labute approximate surface area is 192 Å². The molecule has 3 aromatic heterocycles. The topological polar surface area (TPSA) is 64.9 Å². The molecule has 1 aliphatic rings. The highest BCUT2D eigenvalue weighted by Gasteiger charge is 2.25. The maximum absolute atomic E-state index is 5.57. The van der Waals surface area contributed by atoms with E-state index >= 15 is 0 Å². The van der Waals surface area contributed by atoms with E-state index in [0.29, 0.717) is 11.9 Å². The van der Waals surface area contributed by atoms with E-state index in [-0.39, 0.29) is 0 Å². The molecule has 0 atom stereocenters. The van der Waals surface area contributed by atoms with Crippen molar-refractivity contribution in [3.05, 3.63) is 73.1 Å². The third kappa shape index (κ3) is 3.52. The first-order valence-corrected chi connectivity index (χ1v) is 11.4. The van der Waals surface area contributed by atoms with Crippen LogP contribution < -0.4 is 10.1 Å². The molecule has 5 aromatic rings. The Morgan fingerprint density at radius 1 is 0.909 bits per heavy atom. The lowest BCUT2D eigenvalue weighted by molar-refractivity contribution is 0.374. The summed E-state index contributed by atoms with van der Waals surface area (Å²) in [5.41, 5.74) is 4.89. The number of rotatable bonds is 4. The first-order chi connectivity index (χ1) is 16.3. The molecular weight excluding hydrogens is 410 g/mol. The zero-order chi connectivity index (χ0) is 22.2. The minimum Gasteiger partial charge on any atom is -0.480 e. The molecule has 0 unspecified atom stereocenters. The Hall–Kier alpha value is -3.77. The van der Waals surface area contributed by atoms with Crippen molar-refractivity contribution in [2.24, 2.45) is 0 Å². The monoisotopic (exact) mass is 435 g/mol. The molecule has 6 nitrogen and oxygen atoms in total. The number of pyridine rings is 2. The fourth-order valence-corrected chi connectivity index (χ4v) is 4.83. The molecule has 2 aromatic carbocycles. The van der Waals surface area contributed by atoms with Crippen LogP contribution in [0.1, 0.15) is 18.9 Å². The standard InChI is InChI=1S/C27H25N5O/c1-33-27-23(7-4-12-29-27)25-31-24-16-21(20-9-8-18-5-2-3-6-19(18)15-20)17-30-26(24)32(25)22-10-13-28-14-11-22/h2-9,12,15-17,22,28H,10-11,13-14H2,1H3. The van der Waals surface area contributed by atoms with Crippen molar-refractivity contribution in [1.29, 1.82) is 0 Å². The van der Waals surface area contributed by atoms with Crippen molar-refractivity contribution >= 4 is 21.9 Å². The van der Waals surface area contributed by atoms with Gasteiger partial charge in [0.1, 0.15) is 11.3 Å².